The SMILES string of the molecule is O=C(NC1CCCc2occc21)C1CC=CCC1. The second-order valence-corrected chi connectivity index (χ2v) is 5.23. The molecule has 0 bridgehead atoms. The first-order chi connectivity index (χ1) is 8.84. The molecule has 18 heavy (non-hydrogen) atoms. The van der Waals surface area contributed by atoms with Crippen LogP contribution in [0.2, 0.25) is 0 Å². The van der Waals surface area contributed by atoms with E-state index in [2.05, 4.69) is 17.5 Å². The molecule has 96 valence electrons. The van der Waals surface area contributed by atoms with Crippen LogP contribution in [-0.2, 0) is 11.2 Å². The molecule has 2 atom stereocenters. The van der Waals surface area contributed by atoms with E-state index in [0.29, 0.717) is 0 Å². The minimum absolute atomic E-state index is 0.158. The van der Waals surface area contributed by atoms with E-state index in [0.717, 1.165) is 44.3 Å². The fourth-order valence-corrected chi connectivity index (χ4v) is 2.96. The zero-order chi connectivity index (χ0) is 12.4. The molecule has 1 heterocycles. The number of carbonyl (C=O) groups is 1. The molecule has 0 fully saturated rings. The van der Waals surface area contributed by atoms with E-state index in [-0.39, 0.29) is 17.9 Å². The van der Waals surface area contributed by atoms with Gasteiger partial charge in [0, 0.05) is 17.9 Å². The molecular formula is C15H19NO2. The second kappa shape index (κ2) is 5.01. The highest BCUT2D eigenvalue weighted by Crippen LogP contribution is 2.31. The van der Waals surface area contributed by atoms with Gasteiger partial charge in [-0.15, -0.1) is 0 Å². The second-order valence-electron chi connectivity index (χ2n) is 5.23. The van der Waals surface area contributed by atoms with Crippen LogP contribution in [0.3, 0.4) is 0 Å². The molecule has 3 rings (SSSR count). The summed E-state index contributed by atoms with van der Waals surface area (Å²) in [5.41, 5.74) is 1.18. The van der Waals surface area contributed by atoms with Gasteiger partial charge in [-0.1, -0.05) is 12.2 Å². The normalized spacial score (nSPS) is 26.7. The molecule has 0 saturated carbocycles. The molecule has 1 amide bonds. The number of hydrogen-bond acceptors (Lipinski definition) is 2. The number of carbonyl (C=O) groups excluding carboxylic acids is 1. The van der Waals surface area contributed by atoms with Gasteiger partial charge in [0.1, 0.15) is 5.76 Å². The highest BCUT2D eigenvalue weighted by atomic mass is 16.3. The molecule has 2 unspecified atom stereocenters. The standard InChI is InChI=1S/C15H19NO2/c17-15(11-5-2-1-3-6-11)16-13-7-4-8-14-12(13)9-10-18-14/h1-2,9-11,13H,3-8H2,(H,16,17). The Bertz CT molecular complexity index is 461. The number of allylic oxidation sites excluding steroid dienone is 2. The van der Waals surface area contributed by atoms with Gasteiger partial charge in [0.2, 0.25) is 5.91 Å². The molecule has 2 aliphatic rings. The van der Waals surface area contributed by atoms with Crippen molar-refractivity contribution >= 4 is 5.91 Å². The van der Waals surface area contributed by atoms with Crippen molar-refractivity contribution in [3.05, 3.63) is 35.8 Å². The molecule has 0 aliphatic heterocycles. The van der Waals surface area contributed by atoms with Crippen molar-refractivity contribution in [1.29, 1.82) is 0 Å². The largest absolute Gasteiger partial charge is 0.469 e. The Balaban J connectivity index is 1.67. The van der Waals surface area contributed by atoms with E-state index in [1.54, 1.807) is 6.26 Å². The van der Waals surface area contributed by atoms with Crippen molar-refractivity contribution in [3.8, 4) is 0 Å². The number of rotatable bonds is 2. The predicted molar refractivity (Wildman–Crippen MR) is 69.0 cm³/mol. The number of amides is 1. The maximum absolute atomic E-state index is 12.2. The average Bonchev–Trinajstić information content (AvgIpc) is 2.89. The third-order valence-electron chi connectivity index (χ3n) is 4.01. The Morgan fingerprint density at radius 2 is 2.28 bits per heavy atom. The summed E-state index contributed by atoms with van der Waals surface area (Å²) in [7, 11) is 0. The van der Waals surface area contributed by atoms with Gasteiger partial charge in [-0.3, -0.25) is 4.79 Å². The van der Waals surface area contributed by atoms with Crippen molar-refractivity contribution in [3.63, 3.8) is 0 Å². The summed E-state index contributed by atoms with van der Waals surface area (Å²) in [6.45, 7) is 0. The molecule has 0 spiro atoms. The van der Waals surface area contributed by atoms with Crippen LogP contribution in [0.4, 0.5) is 0 Å². The number of furan rings is 1. The van der Waals surface area contributed by atoms with Gasteiger partial charge in [-0.2, -0.15) is 0 Å². The molecule has 0 saturated heterocycles. The minimum Gasteiger partial charge on any atom is -0.469 e. The average molecular weight is 245 g/mol. The highest BCUT2D eigenvalue weighted by molar-refractivity contribution is 5.79. The van der Waals surface area contributed by atoms with E-state index < -0.39 is 0 Å². The molecule has 1 aromatic rings. The van der Waals surface area contributed by atoms with Crippen LogP contribution >= 0.6 is 0 Å². The minimum atomic E-state index is 0.158. The lowest BCUT2D eigenvalue weighted by atomic mass is 9.90. The fraction of sp³-hybridized carbons (Fsp3) is 0.533. The summed E-state index contributed by atoms with van der Waals surface area (Å²) in [5, 5.41) is 3.20. The van der Waals surface area contributed by atoms with E-state index in [9.17, 15) is 4.79 Å². The van der Waals surface area contributed by atoms with Gasteiger partial charge in [-0.25, -0.2) is 0 Å². The summed E-state index contributed by atoms with van der Waals surface area (Å²) in [6.07, 6.45) is 12.0. The first kappa shape index (κ1) is 11.6. The number of nitrogens with one attached hydrogen (secondary N) is 1. The summed E-state index contributed by atoms with van der Waals surface area (Å²) < 4.78 is 5.45. The lowest BCUT2D eigenvalue weighted by Crippen LogP contribution is -2.35. The van der Waals surface area contributed by atoms with Crippen LogP contribution in [0.25, 0.3) is 0 Å². The summed E-state index contributed by atoms with van der Waals surface area (Å²) in [5.74, 6) is 1.42. The Kier molecular flexibility index (Phi) is 3.22. The maximum atomic E-state index is 12.2. The molecule has 2 aliphatic carbocycles. The molecular weight excluding hydrogens is 226 g/mol. The van der Waals surface area contributed by atoms with Gasteiger partial charge in [0.05, 0.1) is 12.3 Å². The van der Waals surface area contributed by atoms with Crippen LogP contribution < -0.4 is 5.32 Å². The number of hydrogen-bond donors (Lipinski definition) is 1. The Labute approximate surface area is 107 Å². The highest BCUT2D eigenvalue weighted by Gasteiger charge is 2.26. The van der Waals surface area contributed by atoms with Crippen molar-refractivity contribution in [2.75, 3.05) is 0 Å². The molecule has 1 N–H and O–H groups in total. The third-order valence-corrected chi connectivity index (χ3v) is 4.01. The molecule has 0 radical (unpaired) electrons. The molecule has 0 aromatic carbocycles. The maximum Gasteiger partial charge on any atom is 0.223 e. The first-order valence-corrected chi connectivity index (χ1v) is 6.86. The lowest BCUT2D eigenvalue weighted by molar-refractivity contribution is -0.126. The van der Waals surface area contributed by atoms with Gasteiger partial charge in [0.15, 0.2) is 0 Å². The number of fused-ring (bicyclic) bond motifs is 1. The smallest absolute Gasteiger partial charge is 0.223 e. The topological polar surface area (TPSA) is 42.2 Å². The van der Waals surface area contributed by atoms with Gasteiger partial charge in [-0.05, 0) is 38.2 Å². The third kappa shape index (κ3) is 2.22. The zero-order valence-electron chi connectivity index (χ0n) is 10.5. The van der Waals surface area contributed by atoms with Gasteiger partial charge in [0.25, 0.3) is 0 Å². The summed E-state index contributed by atoms with van der Waals surface area (Å²) in [4.78, 5) is 12.2. The van der Waals surface area contributed by atoms with Crippen molar-refractivity contribution in [2.45, 2.75) is 44.6 Å². The van der Waals surface area contributed by atoms with Crippen LogP contribution in [0.15, 0.2) is 28.9 Å². The lowest BCUT2D eigenvalue weighted by Gasteiger charge is -2.25. The first-order valence-electron chi connectivity index (χ1n) is 6.86. The monoisotopic (exact) mass is 245 g/mol. The molecule has 3 nitrogen and oxygen atoms in total. The van der Waals surface area contributed by atoms with Gasteiger partial charge >= 0.3 is 0 Å². The Hall–Kier alpha value is -1.51. The Morgan fingerprint density at radius 1 is 1.33 bits per heavy atom. The van der Waals surface area contributed by atoms with Crippen LogP contribution in [0, 0.1) is 5.92 Å². The van der Waals surface area contributed by atoms with Crippen LogP contribution in [-0.4, -0.2) is 5.91 Å². The van der Waals surface area contributed by atoms with E-state index in [1.807, 2.05) is 6.07 Å². The predicted octanol–water partition coefficient (Wildman–Crippen LogP) is 3.13. The Morgan fingerprint density at radius 3 is 3.11 bits per heavy atom. The number of aryl methyl sites for hydroxylation is 1. The quantitative estimate of drug-likeness (QED) is 0.813. The van der Waals surface area contributed by atoms with Crippen LogP contribution in [0.1, 0.15) is 49.5 Å². The summed E-state index contributed by atoms with van der Waals surface area (Å²) >= 11 is 0. The van der Waals surface area contributed by atoms with Gasteiger partial charge < -0.3 is 9.73 Å². The fourth-order valence-electron chi connectivity index (χ4n) is 2.96. The van der Waals surface area contributed by atoms with Crippen molar-refractivity contribution in [1.82, 2.24) is 5.32 Å². The zero-order valence-corrected chi connectivity index (χ0v) is 10.5. The van der Waals surface area contributed by atoms with Crippen molar-refractivity contribution < 1.29 is 9.21 Å². The van der Waals surface area contributed by atoms with Crippen molar-refractivity contribution in [2.24, 2.45) is 5.92 Å². The summed E-state index contributed by atoms with van der Waals surface area (Å²) in [6, 6.07) is 2.16. The van der Waals surface area contributed by atoms with E-state index >= 15 is 0 Å². The molecule has 1 aromatic heterocycles. The van der Waals surface area contributed by atoms with Crippen LogP contribution in [0.5, 0.6) is 0 Å². The van der Waals surface area contributed by atoms with E-state index in [1.165, 1.54) is 5.56 Å². The molecule has 3 heteroatoms. The van der Waals surface area contributed by atoms with E-state index in [4.69, 9.17) is 4.42 Å².